The van der Waals surface area contributed by atoms with E-state index in [9.17, 15) is 9.59 Å². The number of fused-ring (bicyclic) bond motifs is 1. The molecule has 0 spiro atoms. The molecule has 1 saturated carbocycles. The van der Waals surface area contributed by atoms with Crippen LogP contribution in [-0.2, 0) is 0 Å². The fourth-order valence-electron chi connectivity index (χ4n) is 2.73. The third-order valence-corrected chi connectivity index (χ3v) is 5.16. The van der Waals surface area contributed by atoms with Crippen LogP contribution in [0.1, 0.15) is 36.2 Å². The minimum absolute atomic E-state index is 0.0326. The van der Waals surface area contributed by atoms with Gasteiger partial charge in [0, 0.05) is 28.7 Å². The normalized spacial score (nSPS) is 15.9. The standard InChI is InChI=1S/C16H16N4O2S/c1-9(23-16-19-18-15(22)20(16)10-6-7-10)14(21)12-8-17-13-5-3-2-4-11(12)13/h2-5,8-10,17H,6-7H2,1H3,(H,18,22). The van der Waals surface area contributed by atoms with Gasteiger partial charge in [-0.25, -0.2) is 9.89 Å². The summed E-state index contributed by atoms with van der Waals surface area (Å²) in [6.07, 6.45) is 3.75. The first-order valence-corrected chi connectivity index (χ1v) is 8.47. The summed E-state index contributed by atoms with van der Waals surface area (Å²) >= 11 is 1.33. The second kappa shape index (κ2) is 5.42. The summed E-state index contributed by atoms with van der Waals surface area (Å²) in [5, 5.41) is 7.76. The van der Waals surface area contributed by atoms with E-state index >= 15 is 0 Å². The Hall–Kier alpha value is -2.28. The number of H-pyrrole nitrogens is 2. The smallest absolute Gasteiger partial charge is 0.344 e. The maximum Gasteiger partial charge on any atom is 0.344 e. The van der Waals surface area contributed by atoms with Crippen LogP contribution in [-0.4, -0.2) is 30.8 Å². The molecule has 1 atom stereocenters. The largest absolute Gasteiger partial charge is 0.360 e. The Balaban J connectivity index is 1.61. The number of carbonyl (C=O) groups excluding carboxylic acids is 1. The quantitative estimate of drug-likeness (QED) is 0.557. The number of hydrogen-bond acceptors (Lipinski definition) is 4. The van der Waals surface area contributed by atoms with Crippen molar-refractivity contribution < 1.29 is 4.79 Å². The van der Waals surface area contributed by atoms with Crippen molar-refractivity contribution in [1.29, 1.82) is 0 Å². The van der Waals surface area contributed by atoms with Crippen molar-refractivity contribution in [2.45, 2.75) is 36.2 Å². The van der Waals surface area contributed by atoms with Crippen molar-refractivity contribution in [3.05, 3.63) is 46.5 Å². The number of Topliss-reactive ketones (excluding diaryl/α,β-unsaturated/α-hetero) is 1. The van der Waals surface area contributed by atoms with Crippen molar-refractivity contribution in [2.24, 2.45) is 0 Å². The highest BCUT2D eigenvalue weighted by Gasteiger charge is 2.30. The Morgan fingerprint density at radius 1 is 1.39 bits per heavy atom. The predicted octanol–water partition coefficient (Wildman–Crippen LogP) is 2.75. The van der Waals surface area contributed by atoms with E-state index in [0.29, 0.717) is 10.7 Å². The molecule has 2 N–H and O–H groups in total. The molecule has 118 valence electrons. The number of thioether (sulfide) groups is 1. The van der Waals surface area contributed by atoms with Gasteiger partial charge in [-0.05, 0) is 25.8 Å². The monoisotopic (exact) mass is 328 g/mol. The van der Waals surface area contributed by atoms with Crippen molar-refractivity contribution in [3.63, 3.8) is 0 Å². The van der Waals surface area contributed by atoms with Crippen LogP contribution in [0.15, 0.2) is 40.4 Å². The highest BCUT2D eigenvalue weighted by atomic mass is 32.2. The molecule has 0 bridgehead atoms. The van der Waals surface area contributed by atoms with Gasteiger partial charge in [-0.2, -0.15) is 0 Å². The van der Waals surface area contributed by atoms with Crippen LogP contribution >= 0.6 is 11.8 Å². The zero-order valence-corrected chi connectivity index (χ0v) is 13.4. The Morgan fingerprint density at radius 2 is 2.17 bits per heavy atom. The van der Waals surface area contributed by atoms with E-state index in [4.69, 9.17) is 0 Å². The van der Waals surface area contributed by atoms with Gasteiger partial charge in [-0.3, -0.25) is 9.36 Å². The molecule has 1 aromatic carbocycles. The summed E-state index contributed by atoms with van der Waals surface area (Å²) in [5.41, 5.74) is 1.43. The number of rotatable bonds is 5. The van der Waals surface area contributed by atoms with Gasteiger partial charge in [0.2, 0.25) is 0 Å². The summed E-state index contributed by atoms with van der Waals surface area (Å²) in [6.45, 7) is 1.85. The zero-order chi connectivity index (χ0) is 16.0. The second-order valence-electron chi connectivity index (χ2n) is 5.78. The molecule has 2 aromatic heterocycles. The molecule has 4 rings (SSSR count). The Labute approximate surface area is 136 Å². The van der Waals surface area contributed by atoms with E-state index < -0.39 is 0 Å². The minimum Gasteiger partial charge on any atom is -0.360 e. The average Bonchev–Trinajstić information content (AvgIpc) is 3.19. The molecule has 1 aliphatic carbocycles. The van der Waals surface area contributed by atoms with E-state index in [-0.39, 0.29) is 22.8 Å². The van der Waals surface area contributed by atoms with E-state index in [1.54, 1.807) is 10.8 Å². The highest BCUT2D eigenvalue weighted by Crippen LogP contribution is 2.37. The fraction of sp³-hybridized carbons (Fsp3) is 0.312. The number of para-hydroxylation sites is 1. The first-order chi connectivity index (χ1) is 11.1. The maximum absolute atomic E-state index is 12.8. The van der Waals surface area contributed by atoms with E-state index in [1.807, 2.05) is 31.2 Å². The summed E-state index contributed by atoms with van der Waals surface area (Å²) in [7, 11) is 0. The molecule has 0 aliphatic heterocycles. The van der Waals surface area contributed by atoms with Gasteiger partial charge in [0.1, 0.15) is 0 Å². The minimum atomic E-state index is -0.318. The van der Waals surface area contributed by atoms with Crippen molar-refractivity contribution in [1.82, 2.24) is 19.7 Å². The molecule has 2 heterocycles. The third kappa shape index (κ3) is 2.50. The van der Waals surface area contributed by atoms with E-state index in [0.717, 1.165) is 23.7 Å². The van der Waals surface area contributed by atoms with Gasteiger partial charge < -0.3 is 4.98 Å². The van der Waals surface area contributed by atoms with E-state index in [2.05, 4.69) is 15.2 Å². The molecule has 0 radical (unpaired) electrons. The van der Waals surface area contributed by atoms with Gasteiger partial charge in [0.05, 0.1) is 5.25 Å². The van der Waals surface area contributed by atoms with Crippen LogP contribution in [0.3, 0.4) is 0 Å². The van der Waals surface area contributed by atoms with Gasteiger partial charge in [0.25, 0.3) is 0 Å². The Morgan fingerprint density at radius 3 is 2.96 bits per heavy atom. The molecule has 0 saturated heterocycles. The van der Waals surface area contributed by atoms with Gasteiger partial charge in [0.15, 0.2) is 10.9 Å². The summed E-state index contributed by atoms with van der Waals surface area (Å²) in [4.78, 5) is 27.7. The fourth-order valence-corrected chi connectivity index (χ4v) is 3.73. The summed E-state index contributed by atoms with van der Waals surface area (Å²) in [6, 6.07) is 7.97. The molecule has 1 aliphatic rings. The lowest BCUT2D eigenvalue weighted by atomic mass is 10.1. The lowest BCUT2D eigenvalue weighted by molar-refractivity contribution is 0.0995. The molecular weight excluding hydrogens is 312 g/mol. The maximum atomic E-state index is 12.8. The number of aromatic amines is 2. The summed E-state index contributed by atoms with van der Waals surface area (Å²) < 4.78 is 1.67. The number of aromatic nitrogens is 4. The zero-order valence-electron chi connectivity index (χ0n) is 12.6. The van der Waals surface area contributed by atoms with Crippen LogP contribution in [0.25, 0.3) is 10.9 Å². The highest BCUT2D eigenvalue weighted by molar-refractivity contribution is 8.00. The average molecular weight is 328 g/mol. The van der Waals surface area contributed by atoms with E-state index in [1.165, 1.54) is 11.8 Å². The molecular formula is C16H16N4O2S. The topological polar surface area (TPSA) is 83.5 Å². The van der Waals surface area contributed by atoms with Crippen molar-refractivity contribution >= 4 is 28.4 Å². The molecule has 3 aromatic rings. The first kappa shape index (κ1) is 14.3. The lowest BCUT2D eigenvalue weighted by Crippen LogP contribution is -2.18. The number of carbonyl (C=O) groups is 1. The molecule has 6 nitrogen and oxygen atoms in total. The van der Waals surface area contributed by atoms with Crippen molar-refractivity contribution in [2.75, 3.05) is 0 Å². The molecule has 1 fully saturated rings. The third-order valence-electron chi connectivity index (χ3n) is 4.09. The van der Waals surface area contributed by atoms with Crippen LogP contribution in [0.4, 0.5) is 0 Å². The Kier molecular flexibility index (Phi) is 3.37. The Bertz CT molecular complexity index is 935. The molecule has 7 heteroatoms. The van der Waals surface area contributed by atoms with Crippen LogP contribution < -0.4 is 5.69 Å². The van der Waals surface area contributed by atoms with Crippen LogP contribution in [0.2, 0.25) is 0 Å². The second-order valence-corrected chi connectivity index (χ2v) is 7.09. The number of nitrogens with zero attached hydrogens (tertiary/aromatic N) is 2. The number of nitrogens with one attached hydrogen (secondary N) is 2. The molecule has 1 unspecified atom stereocenters. The van der Waals surface area contributed by atoms with Gasteiger partial charge in [-0.1, -0.05) is 30.0 Å². The van der Waals surface area contributed by atoms with Crippen molar-refractivity contribution in [3.8, 4) is 0 Å². The lowest BCUT2D eigenvalue weighted by Gasteiger charge is -2.09. The predicted molar refractivity (Wildman–Crippen MR) is 89.1 cm³/mol. The number of hydrogen-bond donors (Lipinski definition) is 2. The number of ketones is 1. The van der Waals surface area contributed by atoms with Gasteiger partial charge in [-0.15, -0.1) is 5.10 Å². The molecule has 0 amide bonds. The molecule has 23 heavy (non-hydrogen) atoms. The van der Waals surface area contributed by atoms with Gasteiger partial charge >= 0.3 is 5.69 Å². The summed E-state index contributed by atoms with van der Waals surface area (Å²) in [5.74, 6) is 0.0326. The SMILES string of the molecule is CC(Sc1n[nH]c(=O)n1C1CC1)C(=O)c1c[nH]c2ccccc12. The van der Waals surface area contributed by atoms with Crippen LogP contribution in [0.5, 0.6) is 0 Å². The first-order valence-electron chi connectivity index (χ1n) is 7.59. The van der Waals surface area contributed by atoms with Crippen LogP contribution in [0, 0.1) is 0 Å². The number of benzene rings is 1.